The van der Waals surface area contributed by atoms with Crippen LogP contribution in [0, 0.1) is 28.6 Å². The molecule has 8 heteroatoms. The first kappa shape index (κ1) is 28.7. The number of alkyl halides is 1. The van der Waals surface area contributed by atoms with E-state index in [9.17, 15) is 24.3 Å². The summed E-state index contributed by atoms with van der Waals surface area (Å²) in [6.07, 6.45) is 5.81. The molecule has 1 N–H and O–H groups in total. The number of allylic oxidation sites excluding steroid dienone is 4. The van der Waals surface area contributed by atoms with Gasteiger partial charge in [0.2, 0.25) is 5.78 Å². The van der Waals surface area contributed by atoms with Crippen molar-refractivity contribution in [1.29, 1.82) is 0 Å². The van der Waals surface area contributed by atoms with Crippen molar-refractivity contribution in [3.05, 3.63) is 23.8 Å². The van der Waals surface area contributed by atoms with E-state index in [-0.39, 0.29) is 31.0 Å². The third-order valence-electron chi connectivity index (χ3n) is 10.3. The minimum atomic E-state index is -2.06. The Bertz CT molecular complexity index is 1080. The van der Waals surface area contributed by atoms with Gasteiger partial charge in [-0.2, -0.15) is 0 Å². The number of carbonyl (C=O) groups excluding carboxylic acids is 4. The summed E-state index contributed by atoms with van der Waals surface area (Å²) in [4.78, 5) is 51.0. The molecule has 8 atom stereocenters. The molecule has 4 rings (SSSR count). The Hall–Kier alpha value is -2.35. The molecule has 0 amide bonds. The summed E-state index contributed by atoms with van der Waals surface area (Å²) < 4.78 is 28.8. The van der Waals surface area contributed by atoms with Gasteiger partial charge in [0.15, 0.2) is 23.7 Å². The Morgan fingerprint density at radius 1 is 1.16 bits per heavy atom. The lowest BCUT2D eigenvalue weighted by atomic mass is 9.44. The van der Waals surface area contributed by atoms with Gasteiger partial charge in [0, 0.05) is 35.5 Å². The number of rotatable bonds is 8. The van der Waals surface area contributed by atoms with Gasteiger partial charge in [-0.15, -0.1) is 0 Å². The molecule has 0 unspecified atom stereocenters. The number of unbranched alkanes of at least 4 members (excludes halogenated alkanes) is 1. The Morgan fingerprint density at radius 2 is 1.87 bits per heavy atom. The highest BCUT2D eigenvalue weighted by molar-refractivity contribution is 6.01. The largest absolute Gasteiger partial charge is 0.457 e. The fourth-order valence-electron chi connectivity index (χ4n) is 8.31. The lowest BCUT2D eigenvalue weighted by Crippen LogP contribution is -2.70. The first-order chi connectivity index (χ1) is 17.8. The molecule has 0 saturated heterocycles. The topological polar surface area (TPSA) is 107 Å². The smallest absolute Gasteiger partial charge is 0.306 e. The zero-order valence-electron chi connectivity index (χ0n) is 23.2. The van der Waals surface area contributed by atoms with Gasteiger partial charge in [-0.3, -0.25) is 19.2 Å². The standard InChI is InChI=1S/C30H41FO7/c1-6-8-9-26(36)38-30(24(34)17-37-25(35)7-2)18(3)14-22-21-11-10-19-15-20(32)12-13-27(19,4)29(21,31)23(33)16-28(22,30)5/h12-13,15,18,21-23,33H,6-11,14,16-17H2,1-5H3/t18-,21-,22-,23-,27-,28-,29-,30+/m0/s1. The first-order valence-electron chi connectivity index (χ1n) is 14.0. The van der Waals surface area contributed by atoms with Crippen LogP contribution in [0.15, 0.2) is 23.8 Å². The number of esters is 2. The highest BCUT2D eigenvalue weighted by atomic mass is 19.1. The molecular weight excluding hydrogens is 491 g/mol. The molecule has 0 heterocycles. The molecule has 4 aliphatic carbocycles. The number of hydrogen-bond donors (Lipinski definition) is 1. The molecule has 3 saturated carbocycles. The number of halogens is 1. The lowest BCUT2D eigenvalue weighted by Gasteiger charge is -2.62. The summed E-state index contributed by atoms with van der Waals surface area (Å²) in [6.45, 7) is 8.43. The van der Waals surface area contributed by atoms with E-state index in [1.165, 1.54) is 12.2 Å². The maximum atomic E-state index is 17.5. The third kappa shape index (κ3) is 3.92. The van der Waals surface area contributed by atoms with Gasteiger partial charge in [-0.05, 0) is 57.1 Å². The van der Waals surface area contributed by atoms with Gasteiger partial charge in [0.1, 0.15) is 0 Å². The van der Waals surface area contributed by atoms with Crippen LogP contribution in [0.1, 0.15) is 86.0 Å². The summed E-state index contributed by atoms with van der Waals surface area (Å²) in [5.74, 6) is -3.24. The zero-order chi connectivity index (χ0) is 28.1. The van der Waals surface area contributed by atoms with E-state index in [0.717, 1.165) is 6.42 Å². The van der Waals surface area contributed by atoms with Crippen molar-refractivity contribution in [2.24, 2.45) is 28.6 Å². The number of carbonyl (C=O) groups is 4. The molecule has 0 spiro atoms. The summed E-state index contributed by atoms with van der Waals surface area (Å²) >= 11 is 0. The number of fused-ring (bicyclic) bond motifs is 5. The molecule has 0 radical (unpaired) electrons. The Morgan fingerprint density at radius 3 is 2.53 bits per heavy atom. The molecule has 0 aromatic rings. The second kappa shape index (κ2) is 10.00. The molecule has 4 aliphatic rings. The number of aliphatic hydroxyl groups is 1. The second-order valence-electron chi connectivity index (χ2n) is 12.2. The second-order valence-corrected chi connectivity index (χ2v) is 12.2. The number of Topliss-reactive ketones (excluding diaryl/α,β-unsaturated/α-hetero) is 1. The number of aliphatic hydroxyl groups excluding tert-OH is 1. The fraction of sp³-hybridized carbons (Fsp3) is 0.733. The first-order valence-corrected chi connectivity index (χ1v) is 14.0. The maximum absolute atomic E-state index is 17.5. The van der Waals surface area contributed by atoms with Gasteiger partial charge in [-0.1, -0.05) is 45.8 Å². The molecule has 0 aliphatic heterocycles. The Kier molecular flexibility index (Phi) is 7.54. The van der Waals surface area contributed by atoms with Gasteiger partial charge < -0.3 is 14.6 Å². The number of hydrogen-bond acceptors (Lipinski definition) is 7. The number of ketones is 2. The van der Waals surface area contributed by atoms with E-state index in [2.05, 4.69) is 0 Å². The van der Waals surface area contributed by atoms with Crippen LogP contribution >= 0.6 is 0 Å². The van der Waals surface area contributed by atoms with Crippen molar-refractivity contribution < 1.29 is 38.1 Å². The van der Waals surface area contributed by atoms with Crippen LogP contribution in [0.5, 0.6) is 0 Å². The van der Waals surface area contributed by atoms with Crippen LogP contribution < -0.4 is 0 Å². The van der Waals surface area contributed by atoms with Gasteiger partial charge in [0.05, 0.1) is 6.10 Å². The van der Waals surface area contributed by atoms with Gasteiger partial charge in [-0.25, -0.2) is 4.39 Å². The van der Waals surface area contributed by atoms with Gasteiger partial charge in [0.25, 0.3) is 0 Å². The van der Waals surface area contributed by atoms with Crippen molar-refractivity contribution in [2.75, 3.05) is 6.61 Å². The average molecular weight is 533 g/mol. The van der Waals surface area contributed by atoms with Crippen LogP contribution in [0.25, 0.3) is 0 Å². The summed E-state index contributed by atoms with van der Waals surface area (Å²) in [6, 6.07) is 0. The zero-order valence-corrected chi connectivity index (χ0v) is 23.2. The fourth-order valence-corrected chi connectivity index (χ4v) is 8.31. The van der Waals surface area contributed by atoms with E-state index in [4.69, 9.17) is 9.47 Å². The Labute approximate surface area is 224 Å². The van der Waals surface area contributed by atoms with Crippen molar-refractivity contribution in [1.82, 2.24) is 0 Å². The molecule has 38 heavy (non-hydrogen) atoms. The van der Waals surface area contributed by atoms with E-state index in [1.807, 2.05) is 20.8 Å². The molecular formula is C30H41FO7. The molecule has 210 valence electrons. The predicted molar refractivity (Wildman–Crippen MR) is 138 cm³/mol. The minimum absolute atomic E-state index is 0.0988. The molecule has 0 bridgehead atoms. The van der Waals surface area contributed by atoms with Crippen molar-refractivity contribution >= 4 is 23.5 Å². The molecule has 0 aromatic carbocycles. The van der Waals surface area contributed by atoms with E-state index < -0.39 is 64.4 Å². The third-order valence-corrected chi connectivity index (χ3v) is 10.3. The summed E-state index contributed by atoms with van der Waals surface area (Å²) in [7, 11) is 0. The van der Waals surface area contributed by atoms with Crippen LogP contribution in [0.4, 0.5) is 4.39 Å². The van der Waals surface area contributed by atoms with Crippen molar-refractivity contribution in [2.45, 2.75) is 103 Å². The minimum Gasteiger partial charge on any atom is -0.457 e. The van der Waals surface area contributed by atoms with Gasteiger partial charge >= 0.3 is 11.9 Å². The van der Waals surface area contributed by atoms with Crippen LogP contribution in [-0.4, -0.2) is 52.6 Å². The summed E-state index contributed by atoms with van der Waals surface area (Å²) in [5.41, 5.74) is -5.27. The van der Waals surface area contributed by atoms with Crippen LogP contribution in [0.3, 0.4) is 0 Å². The Balaban J connectivity index is 1.78. The van der Waals surface area contributed by atoms with E-state index in [0.29, 0.717) is 31.3 Å². The predicted octanol–water partition coefficient (Wildman–Crippen LogP) is 4.60. The lowest BCUT2D eigenvalue weighted by molar-refractivity contribution is -0.228. The van der Waals surface area contributed by atoms with Crippen LogP contribution in [0.2, 0.25) is 0 Å². The van der Waals surface area contributed by atoms with Crippen molar-refractivity contribution in [3.63, 3.8) is 0 Å². The quantitative estimate of drug-likeness (QED) is 0.456. The highest BCUT2D eigenvalue weighted by Crippen LogP contribution is 2.71. The number of ether oxygens (including phenoxy) is 2. The van der Waals surface area contributed by atoms with Crippen molar-refractivity contribution in [3.8, 4) is 0 Å². The normalized spacial score (nSPS) is 41.4. The maximum Gasteiger partial charge on any atom is 0.306 e. The molecule has 0 aromatic heterocycles. The van der Waals surface area contributed by atoms with E-state index >= 15 is 4.39 Å². The van der Waals surface area contributed by atoms with E-state index in [1.54, 1.807) is 19.9 Å². The summed E-state index contributed by atoms with van der Waals surface area (Å²) in [5, 5.41) is 11.6. The SMILES string of the molecule is CCCCC(=O)O[C@@]1(C(=O)COC(=O)CC)[C@@H](C)C[C@H]2[C@@H]3CCC4=CC(=O)C=C[C@]4(C)[C@@]3(F)[C@@H](O)C[C@@]21C. The highest BCUT2D eigenvalue weighted by Gasteiger charge is 2.77. The average Bonchev–Trinajstić information content (AvgIpc) is 3.09. The molecule has 7 nitrogen and oxygen atoms in total. The monoisotopic (exact) mass is 532 g/mol. The molecule has 3 fully saturated rings. The van der Waals surface area contributed by atoms with Crippen LogP contribution in [-0.2, 0) is 28.7 Å².